The smallest absolute Gasteiger partial charge is 0.0978 e. The Morgan fingerprint density at radius 2 is 1.10 bits per heavy atom. The van der Waals surface area contributed by atoms with Crippen molar-refractivity contribution in [2.75, 3.05) is 5.73 Å². The second kappa shape index (κ2) is 11.5. The van der Waals surface area contributed by atoms with E-state index in [9.17, 15) is 0 Å². The van der Waals surface area contributed by atoms with Crippen LogP contribution in [0.4, 0.5) is 5.69 Å². The summed E-state index contributed by atoms with van der Waals surface area (Å²) in [5, 5.41) is 6.06. The molecule has 2 N–H and O–H groups in total. The van der Waals surface area contributed by atoms with Crippen LogP contribution in [-0.4, -0.2) is 15.0 Å². The quantitative estimate of drug-likeness (QED) is 0.120. The van der Waals surface area contributed by atoms with E-state index in [4.69, 9.17) is 20.7 Å². The molecule has 0 aliphatic heterocycles. The molecule has 0 spiro atoms. The Labute approximate surface area is 283 Å². The van der Waals surface area contributed by atoms with Crippen molar-refractivity contribution in [2.24, 2.45) is 0 Å². The van der Waals surface area contributed by atoms with E-state index >= 15 is 0 Å². The minimum Gasteiger partial charge on any atom is -0.398 e. The van der Waals surface area contributed by atoms with Crippen molar-refractivity contribution in [1.82, 2.24) is 15.0 Å². The van der Waals surface area contributed by atoms with Gasteiger partial charge in [0, 0.05) is 43.6 Å². The second-order valence-electron chi connectivity index (χ2n) is 12.3. The normalized spacial score (nSPS) is 12.2. The summed E-state index contributed by atoms with van der Waals surface area (Å²) in [6.07, 6.45) is 0. The van der Waals surface area contributed by atoms with Crippen molar-refractivity contribution in [2.45, 2.75) is 0 Å². The fourth-order valence-electron chi connectivity index (χ4n) is 7.00. The molecule has 4 heteroatoms. The number of rotatable bonds is 4. The van der Waals surface area contributed by atoms with Gasteiger partial charge in [-0.3, -0.25) is 0 Å². The number of nitrogen functional groups attached to an aromatic ring is 1. The lowest BCUT2D eigenvalue weighted by atomic mass is 9.93. The Hall–Kier alpha value is -6.65. The number of pyridine rings is 3. The molecule has 0 fully saturated rings. The van der Waals surface area contributed by atoms with Gasteiger partial charge < -0.3 is 5.73 Å². The van der Waals surface area contributed by atoms with E-state index in [1.165, 1.54) is 0 Å². The minimum absolute atomic E-state index is 0.715. The third kappa shape index (κ3) is 4.81. The van der Waals surface area contributed by atoms with Crippen LogP contribution in [0, 0.1) is 0 Å². The van der Waals surface area contributed by atoms with Gasteiger partial charge in [0.25, 0.3) is 0 Å². The van der Waals surface area contributed by atoms with Crippen molar-refractivity contribution < 1.29 is 0 Å². The molecule has 0 bridgehead atoms. The van der Waals surface area contributed by atoms with Gasteiger partial charge >= 0.3 is 0 Å². The van der Waals surface area contributed by atoms with Crippen molar-refractivity contribution in [1.29, 1.82) is 0 Å². The molecule has 49 heavy (non-hydrogen) atoms. The molecule has 9 aromatic rings. The summed E-state index contributed by atoms with van der Waals surface area (Å²) in [7, 11) is 0. The molecule has 0 aliphatic rings. The zero-order chi connectivity index (χ0) is 32.9. The highest BCUT2D eigenvalue weighted by atomic mass is 14.8. The first-order valence-corrected chi connectivity index (χ1v) is 16.4. The van der Waals surface area contributed by atoms with Crippen LogP contribution in [0.2, 0.25) is 0 Å². The summed E-state index contributed by atoms with van der Waals surface area (Å²) in [4.78, 5) is 15.6. The number of nitrogens with zero attached hydrogens (tertiary/aromatic N) is 3. The van der Waals surface area contributed by atoms with Gasteiger partial charge in [0.15, 0.2) is 0 Å². The molecule has 0 saturated heterocycles. The summed E-state index contributed by atoms with van der Waals surface area (Å²) in [5.41, 5.74) is 17.7. The van der Waals surface area contributed by atoms with Crippen LogP contribution in [0.5, 0.6) is 0 Å². The van der Waals surface area contributed by atoms with E-state index in [1.54, 1.807) is 0 Å². The topological polar surface area (TPSA) is 64.7 Å². The molecule has 0 saturated carbocycles. The molecule has 4 nitrogen and oxygen atoms in total. The Kier molecular flexibility index (Phi) is 6.73. The summed E-state index contributed by atoms with van der Waals surface area (Å²) < 4.78 is 0. The number of anilines is 1. The SMILES string of the molecule is C=c1/c(=C(/c2ccccc2)c2ccccc2N)ccc2ccc(-c3ccc4ccc5c(-c6ccccc6)c6ccccc6nc5c4n3)nc12. The lowest BCUT2D eigenvalue weighted by Crippen LogP contribution is -2.28. The monoisotopic (exact) mass is 626 g/mol. The molecule has 9 rings (SSSR count). The Morgan fingerprint density at radius 3 is 1.88 bits per heavy atom. The van der Waals surface area contributed by atoms with Gasteiger partial charge in [-0.05, 0) is 46.2 Å². The molecule has 0 radical (unpaired) electrons. The van der Waals surface area contributed by atoms with Crippen molar-refractivity contribution in [3.8, 4) is 22.5 Å². The first-order valence-electron chi connectivity index (χ1n) is 16.4. The molecule has 0 unspecified atom stereocenters. The van der Waals surface area contributed by atoms with Crippen molar-refractivity contribution in [3.05, 3.63) is 179 Å². The maximum absolute atomic E-state index is 6.55. The van der Waals surface area contributed by atoms with Crippen LogP contribution >= 0.6 is 0 Å². The minimum atomic E-state index is 0.715. The van der Waals surface area contributed by atoms with E-state index in [2.05, 4.69) is 104 Å². The number of nitrogens with two attached hydrogens (primary N) is 1. The molecular weight excluding hydrogens is 597 g/mol. The maximum Gasteiger partial charge on any atom is 0.0978 e. The highest BCUT2D eigenvalue weighted by Crippen LogP contribution is 2.37. The molecule has 0 aliphatic carbocycles. The van der Waals surface area contributed by atoms with Gasteiger partial charge in [-0.2, -0.15) is 0 Å². The molecule has 3 aromatic heterocycles. The number of benzene rings is 6. The predicted octanol–water partition coefficient (Wildman–Crippen LogP) is 9.06. The van der Waals surface area contributed by atoms with Crippen molar-refractivity contribution in [3.63, 3.8) is 0 Å². The molecule has 3 heterocycles. The summed E-state index contributed by atoms with van der Waals surface area (Å²) in [6.45, 7) is 4.59. The number of fused-ring (bicyclic) bond motifs is 5. The highest BCUT2D eigenvalue weighted by Gasteiger charge is 2.16. The van der Waals surface area contributed by atoms with Gasteiger partial charge in [0.05, 0.1) is 33.5 Å². The van der Waals surface area contributed by atoms with Gasteiger partial charge in [-0.15, -0.1) is 0 Å². The lowest BCUT2D eigenvalue weighted by Gasteiger charge is -2.14. The fourth-order valence-corrected chi connectivity index (χ4v) is 7.00. The zero-order valence-corrected chi connectivity index (χ0v) is 26.6. The van der Waals surface area contributed by atoms with Crippen LogP contribution in [0.15, 0.2) is 158 Å². The number of aromatic nitrogens is 3. The lowest BCUT2D eigenvalue weighted by molar-refractivity contribution is 1.31. The fraction of sp³-hybridized carbons (Fsp3) is 0. The standard InChI is InChI=1S/C45H30N4/c1-28-33(41(29-12-4-2-5-13-29)34-16-8-10-18-37(34)46)24-20-31-22-26-39(48-43(28)31)40-27-23-32-21-25-36-42(30-14-6-3-7-15-30)35-17-9-11-19-38(35)47-45(36)44(32)49-40/h2-27H,1,46H2/b41-33-. The van der Waals surface area contributed by atoms with E-state index in [0.717, 1.165) is 93.3 Å². The first kappa shape index (κ1) is 28.6. The van der Waals surface area contributed by atoms with E-state index in [0.29, 0.717) is 5.69 Å². The summed E-state index contributed by atoms with van der Waals surface area (Å²) >= 11 is 0. The van der Waals surface area contributed by atoms with Crippen LogP contribution < -0.4 is 16.2 Å². The van der Waals surface area contributed by atoms with E-state index in [1.807, 2.05) is 60.7 Å². The average Bonchev–Trinajstić information content (AvgIpc) is 3.16. The van der Waals surface area contributed by atoms with Crippen LogP contribution in [0.1, 0.15) is 11.1 Å². The van der Waals surface area contributed by atoms with Crippen molar-refractivity contribution >= 4 is 61.5 Å². The van der Waals surface area contributed by atoms with Gasteiger partial charge in [0.2, 0.25) is 0 Å². The predicted molar refractivity (Wildman–Crippen MR) is 204 cm³/mol. The Morgan fingerprint density at radius 1 is 0.490 bits per heavy atom. The summed E-state index contributed by atoms with van der Waals surface area (Å²) in [5.74, 6) is 0. The van der Waals surface area contributed by atoms with E-state index in [-0.39, 0.29) is 0 Å². The Balaban J connectivity index is 1.28. The zero-order valence-electron chi connectivity index (χ0n) is 26.6. The molecular formula is C45H30N4. The maximum atomic E-state index is 6.55. The van der Waals surface area contributed by atoms with E-state index < -0.39 is 0 Å². The molecule has 230 valence electrons. The van der Waals surface area contributed by atoms with Gasteiger partial charge in [0.1, 0.15) is 0 Å². The molecule has 0 atom stereocenters. The van der Waals surface area contributed by atoms with Crippen LogP contribution in [-0.2, 0) is 0 Å². The van der Waals surface area contributed by atoms with Crippen LogP contribution in [0.3, 0.4) is 0 Å². The Bertz CT molecular complexity index is 2850. The number of hydrogen-bond acceptors (Lipinski definition) is 4. The third-order valence-electron chi connectivity index (χ3n) is 9.36. The first-order chi connectivity index (χ1) is 24.1. The van der Waals surface area contributed by atoms with Gasteiger partial charge in [-0.1, -0.05) is 140 Å². The van der Waals surface area contributed by atoms with Gasteiger partial charge in [-0.25, -0.2) is 15.0 Å². The second-order valence-corrected chi connectivity index (χ2v) is 12.3. The number of para-hydroxylation sites is 2. The largest absolute Gasteiger partial charge is 0.398 e. The third-order valence-corrected chi connectivity index (χ3v) is 9.36. The summed E-state index contributed by atoms with van der Waals surface area (Å²) in [6, 6.07) is 54.0. The van der Waals surface area contributed by atoms with Crippen LogP contribution in [0.25, 0.3) is 78.3 Å². The highest BCUT2D eigenvalue weighted by molar-refractivity contribution is 6.16. The average molecular weight is 627 g/mol. The molecule has 0 amide bonds. The number of hydrogen-bond donors (Lipinski definition) is 1. The molecule has 6 aromatic carbocycles.